The second kappa shape index (κ2) is 6.56. The smallest absolute Gasteiger partial charge is 0.150 e. The molecule has 1 aromatic rings. The first-order chi connectivity index (χ1) is 10.5. The standard InChI is InChI=1S/C19H31NO2S/c1-18(2,3)16-8-10-17(11-9-16)19(4,5)20-13-15-7-6-12-23(21,22)14-15/h8-11,15,20H,6-7,12-14H2,1-5H3. The zero-order valence-corrected chi connectivity index (χ0v) is 16.0. The van der Waals surface area contributed by atoms with Crippen molar-refractivity contribution in [2.24, 2.45) is 5.92 Å². The molecule has 0 aliphatic carbocycles. The molecule has 4 heteroatoms. The van der Waals surface area contributed by atoms with Crippen molar-refractivity contribution in [1.82, 2.24) is 5.32 Å². The number of hydrogen-bond donors (Lipinski definition) is 1. The Kier molecular flexibility index (Phi) is 5.27. The Morgan fingerprint density at radius 3 is 2.13 bits per heavy atom. The molecule has 1 unspecified atom stereocenters. The van der Waals surface area contributed by atoms with Gasteiger partial charge < -0.3 is 5.32 Å². The molecule has 23 heavy (non-hydrogen) atoms. The van der Waals surface area contributed by atoms with Crippen LogP contribution in [-0.2, 0) is 20.8 Å². The van der Waals surface area contributed by atoms with Gasteiger partial charge in [0.05, 0.1) is 11.5 Å². The summed E-state index contributed by atoms with van der Waals surface area (Å²) in [5.74, 6) is 0.932. The van der Waals surface area contributed by atoms with Crippen LogP contribution in [0.25, 0.3) is 0 Å². The van der Waals surface area contributed by atoms with Gasteiger partial charge in [0.15, 0.2) is 9.84 Å². The summed E-state index contributed by atoms with van der Waals surface area (Å²) < 4.78 is 23.5. The van der Waals surface area contributed by atoms with Crippen LogP contribution in [0.1, 0.15) is 58.6 Å². The Hall–Kier alpha value is -0.870. The van der Waals surface area contributed by atoms with Crippen molar-refractivity contribution in [2.45, 2.75) is 58.4 Å². The van der Waals surface area contributed by atoms with Crippen molar-refractivity contribution in [2.75, 3.05) is 18.1 Å². The first-order valence-corrected chi connectivity index (χ1v) is 10.4. The molecule has 0 bridgehead atoms. The average Bonchev–Trinajstić information content (AvgIpc) is 2.43. The van der Waals surface area contributed by atoms with Gasteiger partial charge in [0, 0.05) is 5.54 Å². The number of benzene rings is 1. The molecule has 1 aromatic carbocycles. The molecule has 1 atom stereocenters. The molecule has 1 aliphatic heterocycles. The summed E-state index contributed by atoms with van der Waals surface area (Å²) in [6, 6.07) is 8.77. The van der Waals surface area contributed by atoms with Gasteiger partial charge >= 0.3 is 0 Å². The number of hydrogen-bond acceptors (Lipinski definition) is 3. The highest BCUT2D eigenvalue weighted by Gasteiger charge is 2.27. The van der Waals surface area contributed by atoms with E-state index in [9.17, 15) is 8.42 Å². The highest BCUT2D eigenvalue weighted by molar-refractivity contribution is 7.91. The molecule has 1 N–H and O–H groups in total. The van der Waals surface area contributed by atoms with Crippen LogP contribution in [0.2, 0.25) is 0 Å². The molecule has 0 saturated carbocycles. The number of nitrogens with one attached hydrogen (secondary N) is 1. The average molecular weight is 338 g/mol. The quantitative estimate of drug-likeness (QED) is 0.912. The summed E-state index contributed by atoms with van der Waals surface area (Å²) in [4.78, 5) is 0. The highest BCUT2D eigenvalue weighted by Crippen LogP contribution is 2.27. The van der Waals surface area contributed by atoms with E-state index in [2.05, 4.69) is 64.2 Å². The van der Waals surface area contributed by atoms with Crippen LogP contribution in [0.4, 0.5) is 0 Å². The number of rotatable bonds is 4. The van der Waals surface area contributed by atoms with E-state index in [4.69, 9.17) is 0 Å². The topological polar surface area (TPSA) is 46.2 Å². The Balaban J connectivity index is 2.01. The van der Waals surface area contributed by atoms with E-state index in [1.807, 2.05) is 0 Å². The normalized spacial score (nSPS) is 22.0. The molecule has 0 radical (unpaired) electrons. The fourth-order valence-corrected chi connectivity index (χ4v) is 4.94. The summed E-state index contributed by atoms with van der Waals surface area (Å²) in [5, 5.41) is 3.58. The van der Waals surface area contributed by atoms with Crippen molar-refractivity contribution in [3.63, 3.8) is 0 Å². The summed E-state index contributed by atoms with van der Waals surface area (Å²) >= 11 is 0. The van der Waals surface area contributed by atoms with E-state index in [0.717, 1.165) is 19.4 Å². The van der Waals surface area contributed by atoms with Crippen molar-refractivity contribution in [1.29, 1.82) is 0 Å². The van der Waals surface area contributed by atoms with E-state index in [1.54, 1.807) is 0 Å². The lowest BCUT2D eigenvalue weighted by molar-refractivity contribution is 0.350. The van der Waals surface area contributed by atoms with Gasteiger partial charge in [-0.1, -0.05) is 45.0 Å². The largest absolute Gasteiger partial charge is 0.308 e. The fraction of sp³-hybridized carbons (Fsp3) is 0.684. The molecule has 1 aliphatic rings. The van der Waals surface area contributed by atoms with Gasteiger partial charge in [0.1, 0.15) is 0 Å². The van der Waals surface area contributed by atoms with Crippen molar-refractivity contribution < 1.29 is 8.42 Å². The van der Waals surface area contributed by atoms with Crippen LogP contribution in [-0.4, -0.2) is 26.5 Å². The molecular formula is C19H31NO2S. The van der Waals surface area contributed by atoms with E-state index >= 15 is 0 Å². The summed E-state index contributed by atoms with van der Waals surface area (Å²) in [6.07, 6.45) is 1.81. The molecule has 0 aromatic heterocycles. The highest BCUT2D eigenvalue weighted by atomic mass is 32.2. The van der Waals surface area contributed by atoms with Crippen molar-refractivity contribution in [3.05, 3.63) is 35.4 Å². The fourth-order valence-electron chi connectivity index (χ4n) is 3.17. The third kappa shape index (κ3) is 5.05. The second-order valence-corrected chi connectivity index (χ2v) is 10.7. The molecular weight excluding hydrogens is 306 g/mol. The van der Waals surface area contributed by atoms with Crippen LogP contribution in [0, 0.1) is 5.92 Å². The predicted molar refractivity (Wildman–Crippen MR) is 97.5 cm³/mol. The van der Waals surface area contributed by atoms with Crippen molar-refractivity contribution in [3.8, 4) is 0 Å². The van der Waals surface area contributed by atoms with Crippen molar-refractivity contribution >= 4 is 9.84 Å². The molecule has 3 nitrogen and oxygen atoms in total. The maximum atomic E-state index is 11.8. The minimum Gasteiger partial charge on any atom is -0.308 e. The summed E-state index contributed by atoms with van der Waals surface area (Å²) in [7, 11) is -2.83. The molecule has 130 valence electrons. The van der Waals surface area contributed by atoms with Gasteiger partial charge in [0.2, 0.25) is 0 Å². The van der Waals surface area contributed by atoms with Crippen LogP contribution in [0.15, 0.2) is 24.3 Å². The van der Waals surface area contributed by atoms with Gasteiger partial charge in [0.25, 0.3) is 0 Å². The Labute approximate surface area is 141 Å². The zero-order chi connectivity index (χ0) is 17.3. The minimum absolute atomic E-state index is 0.155. The van der Waals surface area contributed by atoms with E-state index < -0.39 is 9.84 Å². The molecule has 2 rings (SSSR count). The van der Waals surface area contributed by atoms with E-state index in [-0.39, 0.29) is 16.9 Å². The number of sulfone groups is 1. The van der Waals surface area contributed by atoms with E-state index in [0.29, 0.717) is 11.5 Å². The van der Waals surface area contributed by atoms with Crippen LogP contribution >= 0.6 is 0 Å². The molecule has 1 saturated heterocycles. The minimum atomic E-state index is -2.83. The zero-order valence-electron chi connectivity index (χ0n) is 15.1. The Morgan fingerprint density at radius 2 is 1.61 bits per heavy atom. The molecule has 0 amide bonds. The van der Waals surface area contributed by atoms with Crippen LogP contribution in [0.3, 0.4) is 0 Å². The lowest BCUT2D eigenvalue weighted by atomic mass is 9.84. The molecule has 0 spiro atoms. The maximum absolute atomic E-state index is 11.8. The SMILES string of the molecule is CC(C)(C)c1ccc(C(C)(C)NCC2CCCS(=O)(=O)C2)cc1. The molecule has 1 heterocycles. The van der Waals surface area contributed by atoms with Gasteiger partial charge in [-0.15, -0.1) is 0 Å². The second-order valence-electron chi connectivity index (χ2n) is 8.46. The van der Waals surface area contributed by atoms with Crippen LogP contribution in [0.5, 0.6) is 0 Å². The Bertz CT molecular complexity index is 624. The van der Waals surface area contributed by atoms with Gasteiger partial charge in [-0.25, -0.2) is 8.42 Å². The van der Waals surface area contributed by atoms with Crippen LogP contribution < -0.4 is 5.32 Å². The Morgan fingerprint density at radius 1 is 1.04 bits per heavy atom. The summed E-state index contributed by atoms with van der Waals surface area (Å²) in [5.41, 5.74) is 2.57. The maximum Gasteiger partial charge on any atom is 0.150 e. The lowest BCUT2D eigenvalue weighted by Crippen LogP contribution is -2.42. The first-order valence-electron chi connectivity index (χ1n) is 8.56. The lowest BCUT2D eigenvalue weighted by Gasteiger charge is -2.31. The van der Waals surface area contributed by atoms with Gasteiger partial charge in [-0.2, -0.15) is 0 Å². The van der Waals surface area contributed by atoms with Gasteiger partial charge in [-0.05, 0) is 55.7 Å². The monoisotopic (exact) mass is 337 g/mol. The van der Waals surface area contributed by atoms with Gasteiger partial charge in [-0.3, -0.25) is 0 Å². The first kappa shape index (κ1) is 18.5. The third-order valence-corrected chi connectivity index (χ3v) is 6.75. The third-order valence-electron chi connectivity index (χ3n) is 4.86. The summed E-state index contributed by atoms with van der Waals surface area (Å²) in [6.45, 7) is 11.7. The molecule has 1 fully saturated rings. The van der Waals surface area contributed by atoms with E-state index in [1.165, 1.54) is 11.1 Å². The predicted octanol–water partition coefficient (Wildman–Crippen LogP) is 3.63.